The molecule has 0 bridgehead atoms. The summed E-state index contributed by atoms with van der Waals surface area (Å²) < 4.78 is 1.83. The fourth-order valence-corrected chi connectivity index (χ4v) is 2.56. The Morgan fingerprint density at radius 2 is 1.95 bits per heavy atom. The fraction of sp³-hybridized carbons (Fsp3) is 0.294. The van der Waals surface area contributed by atoms with Crippen LogP contribution in [0.3, 0.4) is 0 Å². The third-order valence-corrected chi connectivity index (χ3v) is 3.68. The van der Waals surface area contributed by atoms with Crippen LogP contribution in [0.4, 0.5) is 0 Å². The second kappa shape index (κ2) is 6.06. The number of pyridine rings is 1. The number of rotatable bonds is 5. The maximum absolute atomic E-state index is 4.50. The van der Waals surface area contributed by atoms with Gasteiger partial charge in [0.2, 0.25) is 0 Å². The molecule has 0 saturated carbocycles. The smallest absolute Gasteiger partial charge is 0.157 e. The molecule has 0 aliphatic rings. The molecule has 2 heterocycles. The van der Waals surface area contributed by atoms with Crippen LogP contribution in [0.5, 0.6) is 0 Å². The molecule has 0 saturated heterocycles. The van der Waals surface area contributed by atoms with Crippen LogP contribution in [-0.2, 0) is 20.0 Å². The first-order valence-electron chi connectivity index (χ1n) is 7.27. The Hall–Kier alpha value is -2.20. The molecule has 2 aromatic heterocycles. The predicted octanol–water partition coefficient (Wildman–Crippen LogP) is 2.61. The number of aromatic nitrogens is 3. The monoisotopic (exact) mass is 280 g/mol. The molecule has 0 radical (unpaired) electrons. The van der Waals surface area contributed by atoms with Crippen LogP contribution in [0.1, 0.15) is 16.8 Å². The van der Waals surface area contributed by atoms with Crippen molar-refractivity contribution in [2.45, 2.75) is 19.9 Å². The lowest BCUT2D eigenvalue weighted by Gasteiger charge is -2.05. The van der Waals surface area contributed by atoms with Gasteiger partial charge in [-0.1, -0.05) is 30.3 Å². The van der Waals surface area contributed by atoms with E-state index in [2.05, 4.69) is 45.7 Å². The molecule has 4 nitrogen and oxygen atoms in total. The molecule has 0 spiro atoms. The van der Waals surface area contributed by atoms with Crippen molar-refractivity contribution in [2.75, 3.05) is 6.54 Å². The van der Waals surface area contributed by atoms with Crippen LogP contribution < -0.4 is 5.32 Å². The van der Waals surface area contributed by atoms with E-state index in [0.29, 0.717) is 0 Å². The first-order chi connectivity index (χ1) is 10.2. The summed E-state index contributed by atoms with van der Waals surface area (Å²) in [6.07, 6.45) is 2.97. The van der Waals surface area contributed by atoms with Gasteiger partial charge in [-0.2, -0.15) is 5.10 Å². The van der Waals surface area contributed by atoms with Crippen molar-refractivity contribution in [2.24, 2.45) is 7.05 Å². The fourth-order valence-electron chi connectivity index (χ4n) is 2.56. The SMILES string of the molecule is Cc1nn(C)c2ncc(CNCCc3ccccc3)cc12. The van der Waals surface area contributed by atoms with Gasteiger partial charge in [0.1, 0.15) is 0 Å². The summed E-state index contributed by atoms with van der Waals surface area (Å²) in [4.78, 5) is 4.50. The summed E-state index contributed by atoms with van der Waals surface area (Å²) in [6, 6.07) is 12.7. The number of fused-ring (bicyclic) bond motifs is 1. The minimum absolute atomic E-state index is 0.837. The highest BCUT2D eigenvalue weighted by Crippen LogP contribution is 2.16. The second-order valence-corrected chi connectivity index (χ2v) is 5.34. The second-order valence-electron chi connectivity index (χ2n) is 5.34. The molecule has 0 aliphatic heterocycles. The predicted molar refractivity (Wildman–Crippen MR) is 85.1 cm³/mol. The lowest BCUT2D eigenvalue weighted by molar-refractivity contribution is 0.685. The Morgan fingerprint density at radius 3 is 2.76 bits per heavy atom. The van der Waals surface area contributed by atoms with Crippen molar-refractivity contribution < 1.29 is 0 Å². The number of nitrogens with one attached hydrogen (secondary N) is 1. The third kappa shape index (κ3) is 3.11. The minimum Gasteiger partial charge on any atom is -0.312 e. The Morgan fingerprint density at radius 1 is 1.14 bits per heavy atom. The summed E-state index contributed by atoms with van der Waals surface area (Å²) >= 11 is 0. The van der Waals surface area contributed by atoms with Crippen LogP contribution in [0, 0.1) is 6.92 Å². The number of nitrogens with zero attached hydrogens (tertiary/aromatic N) is 3. The molecule has 3 aromatic rings. The highest BCUT2D eigenvalue weighted by Gasteiger charge is 2.06. The van der Waals surface area contributed by atoms with Gasteiger partial charge in [-0.3, -0.25) is 4.68 Å². The molecule has 0 aliphatic carbocycles. The van der Waals surface area contributed by atoms with E-state index in [1.54, 1.807) is 0 Å². The summed E-state index contributed by atoms with van der Waals surface area (Å²) in [6.45, 7) is 3.83. The van der Waals surface area contributed by atoms with Crippen LogP contribution in [-0.4, -0.2) is 21.3 Å². The highest BCUT2D eigenvalue weighted by molar-refractivity contribution is 5.78. The first kappa shape index (κ1) is 13.8. The maximum Gasteiger partial charge on any atom is 0.157 e. The van der Waals surface area contributed by atoms with Gasteiger partial charge in [-0.05, 0) is 37.1 Å². The zero-order valence-corrected chi connectivity index (χ0v) is 12.5. The average molecular weight is 280 g/mol. The molecule has 1 N–H and O–H groups in total. The van der Waals surface area contributed by atoms with Crippen molar-refractivity contribution in [1.29, 1.82) is 0 Å². The Kier molecular flexibility index (Phi) is 3.97. The summed E-state index contributed by atoms with van der Waals surface area (Å²) in [5.74, 6) is 0. The van der Waals surface area contributed by atoms with Crippen molar-refractivity contribution in [3.63, 3.8) is 0 Å². The Bertz CT molecular complexity index is 731. The zero-order valence-electron chi connectivity index (χ0n) is 12.5. The van der Waals surface area contributed by atoms with Gasteiger partial charge in [0.25, 0.3) is 0 Å². The minimum atomic E-state index is 0.837. The van der Waals surface area contributed by atoms with E-state index in [0.717, 1.165) is 36.2 Å². The first-order valence-corrected chi connectivity index (χ1v) is 7.27. The van der Waals surface area contributed by atoms with E-state index < -0.39 is 0 Å². The highest BCUT2D eigenvalue weighted by atomic mass is 15.3. The van der Waals surface area contributed by atoms with Gasteiger partial charge >= 0.3 is 0 Å². The molecule has 0 amide bonds. The quantitative estimate of drug-likeness (QED) is 0.731. The molecule has 4 heteroatoms. The van der Waals surface area contributed by atoms with Gasteiger partial charge < -0.3 is 5.32 Å². The van der Waals surface area contributed by atoms with Crippen molar-refractivity contribution in [1.82, 2.24) is 20.1 Å². The van der Waals surface area contributed by atoms with Crippen LogP contribution >= 0.6 is 0 Å². The van der Waals surface area contributed by atoms with Gasteiger partial charge in [-0.15, -0.1) is 0 Å². The maximum atomic E-state index is 4.50. The molecule has 0 unspecified atom stereocenters. The van der Waals surface area contributed by atoms with Crippen molar-refractivity contribution in [3.05, 3.63) is 59.4 Å². The molecule has 3 rings (SSSR count). The van der Waals surface area contributed by atoms with E-state index in [1.165, 1.54) is 11.1 Å². The van der Waals surface area contributed by atoms with E-state index >= 15 is 0 Å². The van der Waals surface area contributed by atoms with E-state index in [9.17, 15) is 0 Å². The number of aryl methyl sites for hydroxylation is 2. The molecular weight excluding hydrogens is 260 g/mol. The number of hydrogen-bond acceptors (Lipinski definition) is 3. The topological polar surface area (TPSA) is 42.7 Å². The number of benzene rings is 1. The molecule has 0 fully saturated rings. The Balaban J connectivity index is 1.59. The largest absolute Gasteiger partial charge is 0.312 e. The average Bonchev–Trinajstić information content (AvgIpc) is 2.79. The lowest BCUT2D eigenvalue weighted by atomic mass is 10.1. The van der Waals surface area contributed by atoms with Crippen molar-refractivity contribution >= 4 is 11.0 Å². The standard InChI is InChI=1S/C17H20N4/c1-13-16-10-15(12-19-17(16)21(2)20-13)11-18-9-8-14-6-4-3-5-7-14/h3-7,10,12,18H,8-9,11H2,1-2H3. The number of hydrogen-bond donors (Lipinski definition) is 1. The van der Waals surface area contributed by atoms with Crippen LogP contribution in [0.25, 0.3) is 11.0 Å². The van der Waals surface area contributed by atoms with E-state index in [4.69, 9.17) is 0 Å². The zero-order chi connectivity index (χ0) is 14.7. The molecule has 108 valence electrons. The normalized spacial score (nSPS) is 11.1. The van der Waals surface area contributed by atoms with E-state index in [1.807, 2.05) is 30.9 Å². The van der Waals surface area contributed by atoms with Gasteiger partial charge in [0.05, 0.1) is 5.69 Å². The van der Waals surface area contributed by atoms with E-state index in [-0.39, 0.29) is 0 Å². The molecular formula is C17H20N4. The van der Waals surface area contributed by atoms with Gasteiger partial charge in [-0.25, -0.2) is 4.98 Å². The molecule has 21 heavy (non-hydrogen) atoms. The van der Waals surface area contributed by atoms with Crippen LogP contribution in [0.15, 0.2) is 42.6 Å². The summed E-state index contributed by atoms with van der Waals surface area (Å²) in [5, 5.41) is 9.01. The summed E-state index contributed by atoms with van der Waals surface area (Å²) in [5.41, 5.74) is 4.54. The lowest BCUT2D eigenvalue weighted by Crippen LogP contribution is -2.16. The molecule has 1 aromatic carbocycles. The van der Waals surface area contributed by atoms with Crippen LogP contribution in [0.2, 0.25) is 0 Å². The summed E-state index contributed by atoms with van der Waals surface area (Å²) in [7, 11) is 1.93. The molecule has 0 atom stereocenters. The van der Waals surface area contributed by atoms with Gasteiger partial charge in [0, 0.05) is 25.2 Å². The van der Waals surface area contributed by atoms with Gasteiger partial charge in [0.15, 0.2) is 5.65 Å². The third-order valence-electron chi connectivity index (χ3n) is 3.68. The Labute approximate surface area is 124 Å². The van der Waals surface area contributed by atoms with Crippen molar-refractivity contribution in [3.8, 4) is 0 Å².